The SMILES string of the molecule is CCCn1c(COC)c(N)c(=O)n1-c1ccccc1Br. The maximum atomic E-state index is 12.5. The van der Waals surface area contributed by atoms with Crippen molar-refractivity contribution in [2.45, 2.75) is 26.5 Å². The van der Waals surface area contributed by atoms with Gasteiger partial charge in [0.2, 0.25) is 0 Å². The first-order chi connectivity index (χ1) is 9.61. The molecule has 0 unspecified atom stereocenters. The number of hydrogen-bond acceptors (Lipinski definition) is 3. The summed E-state index contributed by atoms with van der Waals surface area (Å²) in [6.45, 7) is 3.08. The predicted octanol–water partition coefficient (Wildman–Crippen LogP) is 2.54. The van der Waals surface area contributed by atoms with Gasteiger partial charge < -0.3 is 10.5 Å². The second-order valence-electron chi connectivity index (χ2n) is 4.48. The van der Waals surface area contributed by atoms with Gasteiger partial charge in [-0.2, -0.15) is 0 Å². The molecule has 0 amide bonds. The van der Waals surface area contributed by atoms with Gasteiger partial charge in [0.25, 0.3) is 5.56 Å². The zero-order valence-electron chi connectivity index (χ0n) is 11.6. The van der Waals surface area contributed by atoms with E-state index in [2.05, 4.69) is 22.9 Å². The molecule has 0 spiro atoms. The van der Waals surface area contributed by atoms with E-state index in [0.29, 0.717) is 13.2 Å². The van der Waals surface area contributed by atoms with Crippen LogP contribution in [0.2, 0.25) is 0 Å². The van der Waals surface area contributed by atoms with Crippen LogP contribution >= 0.6 is 15.9 Å². The van der Waals surface area contributed by atoms with Crippen molar-refractivity contribution in [2.24, 2.45) is 0 Å². The molecule has 2 rings (SSSR count). The molecule has 0 saturated heterocycles. The molecule has 0 saturated carbocycles. The first-order valence-corrected chi connectivity index (χ1v) is 7.25. The lowest BCUT2D eigenvalue weighted by Gasteiger charge is -2.14. The van der Waals surface area contributed by atoms with Gasteiger partial charge in [-0.25, -0.2) is 4.68 Å². The summed E-state index contributed by atoms with van der Waals surface area (Å²) in [4.78, 5) is 12.5. The smallest absolute Gasteiger partial charge is 0.294 e. The highest BCUT2D eigenvalue weighted by Crippen LogP contribution is 2.22. The van der Waals surface area contributed by atoms with Crippen LogP contribution in [0.5, 0.6) is 0 Å². The van der Waals surface area contributed by atoms with Gasteiger partial charge in [0.1, 0.15) is 5.69 Å². The molecule has 1 aromatic carbocycles. The number of methoxy groups -OCH3 is 1. The Morgan fingerprint density at radius 1 is 1.35 bits per heavy atom. The number of benzene rings is 1. The van der Waals surface area contributed by atoms with Gasteiger partial charge in [-0.1, -0.05) is 19.1 Å². The lowest BCUT2D eigenvalue weighted by atomic mass is 10.3. The fourth-order valence-corrected chi connectivity index (χ4v) is 2.66. The summed E-state index contributed by atoms with van der Waals surface area (Å²) in [5.41, 5.74) is 7.49. The molecule has 2 N–H and O–H groups in total. The van der Waals surface area contributed by atoms with E-state index >= 15 is 0 Å². The molecule has 6 heteroatoms. The summed E-state index contributed by atoms with van der Waals surface area (Å²) in [5, 5.41) is 0. The molecule has 0 bridgehead atoms. The van der Waals surface area contributed by atoms with Crippen LogP contribution in [0, 0.1) is 0 Å². The van der Waals surface area contributed by atoms with Crippen molar-refractivity contribution in [1.29, 1.82) is 0 Å². The third kappa shape index (κ3) is 2.53. The standard InChI is InChI=1S/C14H18BrN3O2/c1-3-8-17-12(9-20-2)13(16)14(19)18(17)11-7-5-4-6-10(11)15/h4-7H,3,8-9,16H2,1-2H3. The molecule has 0 atom stereocenters. The fraction of sp³-hybridized carbons (Fsp3) is 0.357. The van der Waals surface area contributed by atoms with Crippen molar-refractivity contribution < 1.29 is 4.74 Å². The predicted molar refractivity (Wildman–Crippen MR) is 83.1 cm³/mol. The van der Waals surface area contributed by atoms with Crippen LogP contribution in [-0.4, -0.2) is 16.5 Å². The van der Waals surface area contributed by atoms with Crippen molar-refractivity contribution in [3.8, 4) is 5.69 Å². The van der Waals surface area contributed by atoms with E-state index in [1.54, 1.807) is 11.8 Å². The highest BCUT2D eigenvalue weighted by atomic mass is 79.9. The number of nitrogens with two attached hydrogens (primary N) is 1. The number of nitrogen functional groups attached to an aromatic ring is 1. The second kappa shape index (κ2) is 6.28. The molecular formula is C14H18BrN3O2. The van der Waals surface area contributed by atoms with E-state index in [9.17, 15) is 4.79 Å². The molecule has 2 aromatic rings. The Hall–Kier alpha value is -1.53. The van der Waals surface area contributed by atoms with E-state index in [-0.39, 0.29) is 11.2 Å². The quantitative estimate of drug-likeness (QED) is 0.910. The first kappa shape index (κ1) is 14.9. The van der Waals surface area contributed by atoms with Gasteiger partial charge >= 0.3 is 0 Å². The lowest BCUT2D eigenvalue weighted by molar-refractivity contribution is 0.176. The average Bonchev–Trinajstić information content (AvgIpc) is 2.66. The molecule has 0 fully saturated rings. The van der Waals surface area contributed by atoms with E-state index in [4.69, 9.17) is 10.5 Å². The number of rotatable bonds is 5. The van der Waals surface area contributed by atoms with Crippen molar-refractivity contribution in [3.05, 3.63) is 44.8 Å². The number of ether oxygens (including phenoxy) is 1. The minimum absolute atomic E-state index is 0.211. The van der Waals surface area contributed by atoms with Crippen LogP contribution in [0.25, 0.3) is 5.69 Å². The minimum atomic E-state index is -0.211. The zero-order chi connectivity index (χ0) is 14.7. The molecule has 0 radical (unpaired) electrons. The highest BCUT2D eigenvalue weighted by Gasteiger charge is 2.19. The topological polar surface area (TPSA) is 62.2 Å². The molecule has 5 nitrogen and oxygen atoms in total. The Morgan fingerprint density at radius 3 is 2.65 bits per heavy atom. The molecule has 1 heterocycles. The maximum Gasteiger partial charge on any atom is 0.294 e. The summed E-state index contributed by atoms with van der Waals surface area (Å²) < 4.78 is 9.51. The third-order valence-corrected chi connectivity index (χ3v) is 3.75. The number of anilines is 1. The number of para-hydroxylation sites is 1. The van der Waals surface area contributed by atoms with Gasteiger partial charge in [0.05, 0.1) is 18.0 Å². The van der Waals surface area contributed by atoms with Gasteiger partial charge in [-0.3, -0.25) is 9.48 Å². The monoisotopic (exact) mass is 339 g/mol. The van der Waals surface area contributed by atoms with E-state index in [1.165, 1.54) is 0 Å². The normalized spacial score (nSPS) is 10.9. The Kier molecular flexibility index (Phi) is 4.67. The number of hydrogen-bond donors (Lipinski definition) is 1. The van der Waals surface area contributed by atoms with E-state index in [1.807, 2.05) is 28.9 Å². The summed E-state index contributed by atoms with van der Waals surface area (Å²) in [6, 6.07) is 7.58. The van der Waals surface area contributed by atoms with E-state index in [0.717, 1.165) is 22.3 Å². The van der Waals surface area contributed by atoms with Crippen LogP contribution in [0.4, 0.5) is 5.69 Å². The van der Waals surface area contributed by atoms with Crippen LogP contribution in [0.3, 0.4) is 0 Å². The van der Waals surface area contributed by atoms with Crippen LogP contribution in [0.15, 0.2) is 33.5 Å². The van der Waals surface area contributed by atoms with E-state index < -0.39 is 0 Å². The van der Waals surface area contributed by atoms with Gasteiger partial charge in [-0.05, 0) is 34.5 Å². The van der Waals surface area contributed by atoms with Crippen molar-refractivity contribution in [2.75, 3.05) is 12.8 Å². The maximum absolute atomic E-state index is 12.5. The first-order valence-electron chi connectivity index (χ1n) is 6.45. The van der Waals surface area contributed by atoms with Gasteiger partial charge in [0.15, 0.2) is 0 Å². The number of halogens is 1. The fourth-order valence-electron chi connectivity index (χ4n) is 2.21. The number of aromatic nitrogens is 2. The zero-order valence-corrected chi connectivity index (χ0v) is 13.2. The molecule has 0 aliphatic rings. The Balaban J connectivity index is 2.72. The molecular weight excluding hydrogens is 322 g/mol. The second-order valence-corrected chi connectivity index (χ2v) is 5.34. The minimum Gasteiger partial charge on any atom is -0.393 e. The summed E-state index contributed by atoms with van der Waals surface area (Å²) in [5.74, 6) is 0. The molecule has 20 heavy (non-hydrogen) atoms. The van der Waals surface area contributed by atoms with Crippen LogP contribution in [-0.2, 0) is 17.9 Å². The molecule has 0 aliphatic carbocycles. The molecule has 0 aliphatic heterocycles. The van der Waals surface area contributed by atoms with Gasteiger partial charge in [0, 0.05) is 18.1 Å². The average molecular weight is 340 g/mol. The Labute approximate surface area is 126 Å². The summed E-state index contributed by atoms with van der Waals surface area (Å²) >= 11 is 3.48. The Morgan fingerprint density at radius 2 is 2.05 bits per heavy atom. The van der Waals surface area contributed by atoms with Crippen LogP contribution < -0.4 is 11.3 Å². The van der Waals surface area contributed by atoms with Crippen molar-refractivity contribution in [3.63, 3.8) is 0 Å². The largest absolute Gasteiger partial charge is 0.393 e. The van der Waals surface area contributed by atoms with Gasteiger partial charge in [-0.15, -0.1) is 0 Å². The van der Waals surface area contributed by atoms with Crippen LogP contribution in [0.1, 0.15) is 19.0 Å². The van der Waals surface area contributed by atoms with Crippen molar-refractivity contribution in [1.82, 2.24) is 9.36 Å². The lowest BCUT2D eigenvalue weighted by Crippen LogP contribution is -2.23. The number of nitrogens with zero attached hydrogens (tertiary/aromatic N) is 2. The summed E-state index contributed by atoms with van der Waals surface area (Å²) in [7, 11) is 1.59. The Bertz CT molecular complexity index is 661. The summed E-state index contributed by atoms with van der Waals surface area (Å²) in [6.07, 6.45) is 0.898. The molecule has 1 aromatic heterocycles. The van der Waals surface area contributed by atoms with Crippen molar-refractivity contribution >= 4 is 21.6 Å². The third-order valence-electron chi connectivity index (χ3n) is 3.08. The highest BCUT2D eigenvalue weighted by molar-refractivity contribution is 9.10. The molecule has 108 valence electrons.